The number of fused-ring (bicyclic) bond motifs is 1. The van der Waals surface area contributed by atoms with E-state index in [1.54, 1.807) is 0 Å². The smallest absolute Gasteiger partial charge is 0.122 e. The molecule has 2 unspecified atom stereocenters. The second-order valence-corrected chi connectivity index (χ2v) is 5.81. The van der Waals surface area contributed by atoms with Crippen LogP contribution in [0, 0.1) is 5.92 Å². The van der Waals surface area contributed by atoms with E-state index < -0.39 is 5.60 Å². The van der Waals surface area contributed by atoms with Gasteiger partial charge < -0.3 is 15.2 Å². The van der Waals surface area contributed by atoms with Crippen molar-refractivity contribution in [3.8, 4) is 5.75 Å². The Kier molecular flexibility index (Phi) is 4.48. The van der Waals surface area contributed by atoms with Gasteiger partial charge in [0.15, 0.2) is 0 Å². The van der Waals surface area contributed by atoms with Crippen molar-refractivity contribution in [3.05, 3.63) is 29.3 Å². The zero-order valence-corrected chi connectivity index (χ0v) is 12.2. The summed E-state index contributed by atoms with van der Waals surface area (Å²) in [4.78, 5) is 0. The zero-order valence-electron chi connectivity index (χ0n) is 12.2. The molecular weight excluding hydrogens is 238 g/mol. The molecule has 0 saturated carbocycles. The number of hydrogen-bond donors (Lipinski definition) is 2. The first-order chi connectivity index (χ1) is 9.03. The van der Waals surface area contributed by atoms with Crippen LogP contribution in [-0.2, 0) is 13.0 Å². The van der Waals surface area contributed by atoms with Gasteiger partial charge in [0.05, 0.1) is 12.2 Å². The van der Waals surface area contributed by atoms with Crippen LogP contribution in [0.15, 0.2) is 18.2 Å². The normalized spacial score (nSPS) is 18.5. The molecule has 2 atom stereocenters. The number of benzene rings is 1. The molecule has 2 N–H and O–H groups in total. The third kappa shape index (κ3) is 3.48. The number of rotatable bonds is 6. The third-order valence-electron chi connectivity index (χ3n) is 4.24. The molecule has 0 bridgehead atoms. The molecule has 1 aliphatic rings. The van der Waals surface area contributed by atoms with E-state index in [1.165, 1.54) is 11.1 Å². The Hall–Kier alpha value is -1.06. The van der Waals surface area contributed by atoms with Gasteiger partial charge in [0, 0.05) is 19.5 Å². The van der Waals surface area contributed by atoms with Crippen molar-refractivity contribution in [1.82, 2.24) is 5.32 Å². The summed E-state index contributed by atoms with van der Waals surface area (Å²) < 4.78 is 5.50. The average molecular weight is 263 g/mol. The molecule has 0 saturated heterocycles. The summed E-state index contributed by atoms with van der Waals surface area (Å²) in [5, 5.41) is 13.7. The highest BCUT2D eigenvalue weighted by Gasteiger charge is 2.26. The lowest BCUT2D eigenvalue weighted by Gasteiger charge is -2.30. The molecule has 0 amide bonds. The second-order valence-electron chi connectivity index (χ2n) is 5.81. The largest absolute Gasteiger partial charge is 0.493 e. The molecule has 2 rings (SSSR count). The van der Waals surface area contributed by atoms with Crippen molar-refractivity contribution in [2.24, 2.45) is 5.92 Å². The van der Waals surface area contributed by atoms with E-state index in [-0.39, 0.29) is 0 Å². The van der Waals surface area contributed by atoms with Gasteiger partial charge >= 0.3 is 0 Å². The molecule has 3 nitrogen and oxygen atoms in total. The maximum absolute atomic E-state index is 10.3. The van der Waals surface area contributed by atoms with Gasteiger partial charge in [-0.1, -0.05) is 32.4 Å². The molecular formula is C16H25NO2. The predicted molar refractivity (Wildman–Crippen MR) is 77.4 cm³/mol. The van der Waals surface area contributed by atoms with Crippen LogP contribution in [0.1, 0.15) is 38.3 Å². The maximum atomic E-state index is 10.3. The van der Waals surface area contributed by atoms with Gasteiger partial charge in [0.25, 0.3) is 0 Å². The average Bonchev–Trinajstić information content (AvgIpc) is 2.84. The molecule has 1 heterocycles. The molecule has 0 aromatic heterocycles. The summed E-state index contributed by atoms with van der Waals surface area (Å²) in [7, 11) is 0. The van der Waals surface area contributed by atoms with Crippen LogP contribution in [0.5, 0.6) is 5.75 Å². The molecule has 106 valence electrons. The van der Waals surface area contributed by atoms with Gasteiger partial charge in [-0.05, 0) is 30.0 Å². The number of aliphatic hydroxyl groups is 1. The quantitative estimate of drug-likeness (QED) is 0.828. The predicted octanol–water partition coefficient (Wildman–Crippen LogP) is 2.51. The van der Waals surface area contributed by atoms with Crippen molar-refractivity contribution in [2.45, 2.75) is 45.8 Å². The van der Waals surface area contributed by atoms with Gasteiger partial charge in [-0.15, -0.1) is 0 Å². The lowest BCUT2D eigenvalue weighted by atomic mass is 9.88. The van der Waals surface area contributed by atoms with Crippen LogP contribution in [0.2, 0.25) is 0 Å². The van der Waals surface area contributed by atoms with Crippen molar-refractivity contribution < 1.29 is 9.84 Å². The molecule has 3 heteroatoms. The van der Waals surface area contributed by atoms with E-state index >= 15 is 0 Å². The Bertz CT molecular complexity index is 429. The van der Waals surface area contributed by atoms with Gasteiger partial charge in [0.2, 0.25) is 0 Å². The number of nitrogens with one attached hydrogen (secondary N) is 1. The van der Waals surface area contributed by atoms with Crippen LogP contribution in [0.3, 0.4) is 0 Å². The van der Waals surface area contributed by atoms with Gasteiger partial charge in [0.1, 0.15) is 5.75 Å². The first kappa shape index (κ1) is 14.4. The lowest BCUT2D eigenvalue weighted by molar-refractivity contribution is 0.00535. The maximum Gasteiger partial charge on any atom is 0.122 e. The van der Waals surface area contributed by atoms with Crippen LogP contribution < -0.4 is 10.1 Å². The number of hydrogen-bond acceptors (Lipinski definition) is 3. The van der Waals surface area contributed by atoms with Crippen LogP contribution in [0.25, 0.3) is 0 Å². The summed E-state index contributed by atoms with van der Waals surface area (Å²) in [6, 6.07) is 6.34. The van der Waals surface area contributed by atoms with Crippen molar-refractivity contribution in [3.63, 3.8) is 0 Å². The lowest BCUT2D eigenvalue weighted by Crippen LogP contribution is -2.42. The van der Waals surface area contributed by atoms with Crippen molar-refractivity contribution in [2.75, 3.05) is 13.2 Å². The molecule has 0 aliphatic carbocycles. The van der Waals surface area contributed by atoms with Gasteiger partial charge in [-0.25, -0.2) is 0 Å². The molecule has 0 radical (unpaired) electrons. The van der Waals surface area contributed by atoms with E-state index in [4.69, 9.17) is 4.74 Å². The Morgan fingerprint density at radius 2 is 2.26 bits per heavy atom. The van der Waals surface area contributed by atoms with Crippen LogP contribution in [-0.4, -0.2) is 23.9 Å². The Labute approximate surface area is 116 Å². The summed E-state index contributed by atoms with van der Waals surface area (Å²) >= 11 is 0. The summed E-state index contributed by atoms with van der Waals surface area (Å²) in [5.41, 5.74) is 1.91. The Morgan fingerprint density at radius 3 is 3.00 bits per heavy atom. The molecule has 0 fully saturated rings. The Morgan fingerprint density at radius 1 is 1.47 bits per heavy atom. The van der Waals surface area contributed by atoms with E-state index in [9.17, 15) is 5.11 Å². The minimum atomic E-state index is -0.644. The molecule has 1 aliphatic heterocycles. The minimum absolute atomic E-state index is 0.299. The number of ether oxygens (including phenoxy) is 1. The topological polar surface area (TPSA) is 41.5 Å². The highest BCUT2D eigenvalue weighted by Crippen LogP contribution is 2.26. The first-order valence-corrected chi connectivity index (χ1v) is 7.20. The molecule has 0 spiro atoms. The minimum Gasteiger partial charge on any atom is -0.493 e. The summed E-state index contributed by atoms with van der Waals surface area (Å²) in [6.07, 6.45) is 2.00. The summed E-state index contributed by atoms with van der Waals surface area (Å²) in [6.45, 7) is 8.32. The van der Waals surface area contributed by atoms with Crippen LogP contribution in [0.4, 0.5) is 0 Å². The highest BCUT2D eigenvalue weighted by molar-refractivity contribution is 5.39. The second kappa shape index (κ2) is 5.93. The van der Waals surface area contributed by atoms with E-state index in [0.717, 1.165) is 31.7 Å². The SMILES string of the molecule is CCC(C)C(C)(O)CNCc1ccc2c(c1)CCO2. The monoisotopic (exact) mass is 263 g/mol. The highest BCUT2D eigenvalue weighted by atomic mass is 16.5. The zero-order chi connectivity index (χ0) is 13.9. The van der Waals surface area contributed by atoms with Crippen molar-refractivity contribution >= 4 is 0 Å². The van der Waals surface area contributed by atoms with E-state index in [2.05, 4.69) is 31.3 Å². The van der Waals surface area contributed by atoms with Crippen LogP contribution >= 0.6 is 0 Å². The first-order valence-electron chi connectivity index (χ1n) is 7.20. The standard InChI is InChI=1S/C16H25NO2/c1-4-12(2)16(3,18)11-17-10-13-5-6-15-14(9-13)7-8-19-15/h5-6,9,12,17-18H,4,7-8,10-11H2,1-3H3. The van der Waals surface area contributed by atoms with Gasteiger partial charge in [-0.2, -0.15) is 0 Å². The fourth-order valence-electron chi connectivity index (χ4n) is 2.42. The fraction of sp³-hybridized carbons (Fsp3) is 0.625. The molecule has 1 aromatic carbocycles. The third-order valence-corrected chi connectivity index (χ3v) is 4.24. The van der Waals surface area contributed by atoms with Crippen molar-refractivity contribution in [1.29, 1.82) is 0 Å². The Balaban J connectivity index is 1.86. The van der Waals surface area contributed by atoms with Gasteiger partial charge in [-0.3, -0.25) is 0 Å². The van der Waals surface area contributed by atoms with E-state index in [1.807, 2.05) is 13.0 Å². The molecule has 1 aromatic rings. The molecule has 19 heavy (non-hydrogen) atoms. The summed E-state index contributed by atoms with van der Waals surface area (Å²) in [5.74, 6) is 1.32. The fourth-order valence-corrected chi connectivity index (χ4v) is 2.42. The van der Waals surface area contributed by atoms with E-state index in [0.29, 0.717) is 12.5 Å².